The number of aromatic nitrogens is 1. The Morgan fingerprint density at radius 2 is 1.89 bits per heavy atom. The van der Waals surface area contributed by atoms with Gasteiger partial charge in [0, 0.05) is 30.8 Å². The Labute approximate surface area is 261 Å². The van der Waals surface area contributed by atoms with Crippen molar-refractivity contribution >= 4 is 35.8 Å². The number of methoxy groups -OCH3 is 1. The molecule has 0 saturated heterocycles. The van der Waals surface area contributed by atoms with Crippen LogP contribution in [0, 0.1) is 13.8 Å². The van der Waals surface area contributed by atoms with Crippen LogP contribution in [-0.2, 0) is 4.74 Å². The van der Waals surface area contributed by atoms with Crippen LogP contribution in [0.3, 0.4) is 0 Å². The summed E-state index contributed by atoms with van der Waals surface area (Å²) in [5, 5.41) is 2.90. The monoisotopic (exact) mass is 606 g/mol. The number of anilines is 1. The summed E-state index contributed by atoms with van der Waals surface area (Å²) in [5.41, 5.74) is 2.46. The summed E-state index contributed by atoms with van der Waals surface area (Å²) in [7, 11) is 1.57. The highest BCUT2D eigenvalue weighted by Crippen LogP contribution is 2.31. The van der Waals surface area contributed by atoms with E-state index >= 15 is 0 Å². The van der Waals surface area contributed by atoms with E-state index in [2.05, 4.69) is 33.7 Å². The van der Waals surface area contributed by atoms with Crippen molar-refractivity contribution in [3.63, 3.8) is 0 Å². The maximum atomic E-state index is 13.3. The van der Waals surface area contributed by atoms with Crippen molar-refractivity contribution in [3.05, 3.63) is 53.2 Å². The average Bonchev–Trinajstić information content (AvgIpc) is 2.95. The van der Waals surface area contributed by atoms with E-state index in [-0.39, 0.29) is 18.1 Å². The topological polar surface area (TPSA) is 105 Å². The van der Waals surface area contributed by atoms with Crippen LogP contribution in [0.25, 0.3) is 6.08 Å². The molecular weight excluding hydrogens is 558 g/mol. The van der Waals surface area contributed by atoms with Crippen molar-refractivity contribution in [3.8, 4) is 11.5 Å². The third-order valence-corrected chi connectivity index (χ3v) is 7.77. The maximum Gasteiger partial charge on any atom is 0.596 e. The molecule has 1 aromatic heterocycles. The molecule has 1 aliphatic heterocycles. The minimum Gasteiger partial charge on any atom is -0.495 e. The van der Waals surface area contributed by atoms with Gasteiger partial charge in [-0.1, -0.05) is 12.7 Å². The van der Waals surface area contributed by atoms with Gasteiger partial charge >= 0.3 is 6.09 Å². The Morgan fingerprint density at radius 3 is 2.45 bits per heavy atom. The number of aliphatic imine (C=N–C) groups is 1. The van der Waals surface area contributed by atoms with Crippen LogP contribution in [0.2, 0.25) is 0 Å². The minimum absolute atomic E-state index is 0.278. The van der Waals surface area contributed by atoms with Gasteiger partial charge in [-0.25, -0.2) is 4.98 Å². The number of nitrogens with zero attached hydrogens (tertiary/aromatic N) is 4. The fraction of sp³-hybridized carbons (Fsp3) is 0.500. The lowest BCUT2D eigenvalue weighted by molar-refractivity contribution is -0.459. The van der Waals surface area contributed by atoms with Crippen molar-refractivity contribution in [2.24, 2.45) is 4.99 Å². The lowest BCUT2D eigenvalue weighted by atomic mass is 9.93. The number of carbonyl (C=O) groups excluding carboxylic acids is 2. The molecular formula is C34H48N5O5+. The third kappa shape index (κ3) is 8.11. The molecule has 1 aromatic carbocycles. The first-order valence-electron chi connectivity index (χ1n) is 15.0. The zero-order chi connectivity index (χ0) is 32.8. The first-order valence-corrected chi connectivity index (χ1v) is 15.0. The van der Waals surface area contributed by atoms with Crippen molar-refractivity contribution in [1.82, 2.24) is 9.88 Å². The van der Waals surface area contributed by atoms with E-state index in [9.17, 15) is 9.59 Å². The zero-order valence-electron chi connectivity index (χ0n) is 27.9. The van der Waals surface area contributed by atoms with Crippen molar-refractivity contribution in [1.29, 1.82) is 0 Å². The van der Waals surface area contributed by atoms with E-state index in [0.717, 1.165) is 16.8 Å². The highest BCUT2D eigenvalue weighted by molar-refractivity contribution is 6.05. The zero-order valence-corrected chi connectivity index (χ0v) is 27.9. The molecule has 1 unspecified atom stereocenters. The Morgan fingerprint density at radius 1 is 1.18 bits per heavy atom. The normalized spacial score (nSPS) is 16.3. The predicted molar refractivity (Wildman–Crippen MR) is 176 cm³/mol. The summed E-state index contributed by atoms with van der Waals surface area (Å²) in [6.07, 6.45) is 4.52. The van der Waals surface area contributed by atoms with Crippen molar-refractivity contribution in [2.75, 3.05) is 38.6 Å². The smallest absolute Gasteiger partial charge is 0.495 e. The van der Waals surface area contributed by atoms with Gasteiger partial charge < -0.3 is 19.5 Å². The number of pyridine rings is 1. The number of hydrogen-bond donors (Lipinski definition) is 1. The van der Waals surface area contributed by atoms with Gasteiger partial charge in [-0.2, -0.15) is 4.79 Å². The minimum atomic E-state index is -0.600. The number of ether oxygens (including phenoxy) is 3. The molecule has 0 radical (unpaired) electrons. The van der Waals surface area contributed by atoms with Gasteiger partial charge in [0.1, 0.15) is 29.0 Å². The molecule has 2 amide bonds. The lowest BCUT2D eigenvalue weighted by Gasteiger charge is -2.43. The average molecular weight is 607 g/mol. The molecule has 2 atom stereocenters. The van der Waals surface area contributed by atoms with E-state index in [1.165, 1.54) is 0 Å². The fourth-order valence-corrected chi connectivity index (χ4v) is 5.03. The van der Waals surface area contributed by atoms with E-state index in [1.807, 2.05) is 73.7 Å². The fourth-order valence-electron chi connectivity index (χ4n) is 5.03. The quantitative estimate of drug-likeness (QED) is 0.264. The van der Waals surface area contributed by atoms with E-state index in [1.54, 1.807) is 30.0 Å². The maximum absolute atomic E-state index is 13.3. The third-order valence-electron chi connectivity index (χ3n) is 7.77. The molecule has 0 fully saturated rings. The molecule has 0 saturated carbocycles. The SMILES string of the molecule is C=Cc1cc(C(=O)Nc2ncc(OC)cc2C)c(C)cc1O[C@H](C)C(C)(C=NCC)N1CC[N+](C(=O)OC(C)(C)C)=C(C)C1. The number of amides is 2. The first kappa shape index (κ1) is 34.4. The van der Waals surface area contributed by atoms with Crippen LogP contribution in [-0.4, -0.2) is 88.9 Å². The van der Waals surface area contributed by atoms with E-state index < -0.39 is 11.1 Å². The Balaban J connectivity index is 1.87. The van der Waals surface area contributed by atoms with E-state index in [0.29, 0.717) is 54.6 Å². The number of hydrogen-bond acceptors (Lipinski definition) is 8. The van der Waals surface area contributed by atoms with Crippen LogP contribution in [0.1, 0.15) is 75.5 Å². The molecule has 10 heteroatoms. The van der Waals surface area contributed by atoms with Crippen LogP contribution in [0.5, 0.6) is 11.5 Å². The van der Waals surface area contributed by atoms with Gasteiger partial charge in [-0.15, -0.1) is 4.58 Å². The molecule has 10 nitrogen and oxygen atoms in total. The highest BCUT2D eigenvalue weighted by Gasteiger charge is 2.43. The van der Waals surface area contributed by atoms with Crippen molar-refractivity contribution in [2.45, 2.75) is 79.6 Å². The molecule has 44 heavy (non-hydrogen) atoms. The van der Waals surface area contributed by atoms with Gasteiger partial charge in [-0.05, 0) is 84.7 Å². The van der Waals surface area contributed by atoms with Gasteiger partial charge in [-0.3, -0.25) is 14.7 Å². The number of aryl methyl sites for hydroxylation is 2. The molecule has 1 N–H and O–H groups in total. The van der Waals surface area contributed by atoms with Crippen LogP contribution < -0.4 is 14.8 Å². The molecule has 3 rings (SSSR count). The Bertz CT molecular complexity index is 1460. The second-order valence-corrected chi connectivity index (χ2v) is 12.3. The summed E-state index contributed by atoms with van der Waals surface area (Å²) in [6.45, 7) is 23.6. The van der Waals surface area contributed by atoms with Crippen LogP contribution in [0.4, 0.5) is 10.6 Å². The summed E-state index contributed by atoms with van der Waals surface area (Å²) < 4.78 is 19.2. The summed E-state index contributed by atoms with van der Waals surface area (Å²) in [5.74, 6) is 1.42. The van der Waals surface area contributed by atoms with Crippen LogP contribution >= 0.6 is 0 Å². The van der Waals surface area contributed by atoms with Crippen LogP contribution in [0.15, 0.2) is 36.0 Å². The van der Waals surface area contributed by atoms with Gasteiger partial charge in [0.25, 0.3) is 5.91 Å². The molecule has 2 aromatic rings. The van der Waals surface area contributed by atoms with Gasteiger partial charge in [0.05, 0.1) is 31.9 Å². The van der Waals surface area contributed by atoms with Gasteiger partial charge in [0.2, 0.25) is 0 Å². The van der Waals surface area contributed by atoms with Gasteiger partial charge in [0.15, 0.2) is 12.3 Å². The number of rotatable bonds is 10. The summed E-state index contributed by atoms with van der Waals surface area (Å²) in [6, 6.07) is 5.47. The molecule has 2 heterocycles. The predicted octanol–water partition coefficient (Wildman–Crippen LogP) is 5.94. The number of carbonyl (C=O) groups is 2. The highest BCUT2D eigenvalue weighted by atomic mass is 16.6. The first-order chi connectivity index (χ1) is 20.6. The standard InChI is InChI=1S/C34H47N5O5/c1-12-26-18-28(31(40)37-30-23(4)16-27(42-11)19-36-30)22(3)17-29(26)43-25(6)34(10,21-35-13-2)38-14-15-39(24(5)20-38)32(41)44-33(7,8)9/h12,16-19,21,25H,1,13-15,20H2,2-11H3/p+1/t25-,34?/m1/s1. The number of benzene rings is 1. The Kier molecular flexibility index (Phi) is 11.1. The summed E-state index contributed by atoms with van der Waals surface area (Å²) >= 11 is 0. The second-order valence-electron chi connectivity index (χ2n) is 12.3. The second kappa shape index (κ2) is 14.2. The lowest BCUT2D eigenvalue weighted by Crippen LogP contribution is -2.62. The molecule has 1 aliphatic rings. The number of nitrogens with one attached hydrogen (secondary N) is 1. The molecule has 238 valence electrons. The molecule has 0 bridgehead atoms. The van der Waals surface area contributed by atoms with Crippen molar-refractivity contribution < 1.29 is 28.4 Å². The molecule has 0 spiro atoms. The largest absolute Gasteiger partial charge is 0.596 e. The molecule has 0 aliphatic carbocycles. The van der Waals surface area contributed by atoms with E-state index in [4.69, 9.17) is 14.2 Å². The summed E-state index contributed by atoms with van der Waals surface area (Å²) in [4.78, 5) is 37.3. The Hall–Kier alpha value is -4.05.